The summed E-state index contributed by atoms with van der Waals surface area (Å²) in [6.45, 7) is 1.18. The number of anilines is 1. The van der Waals surface area contributed by atoms with Gasteiger partial charge in [0.1, 0.15) is 5.75 Å². The monoisotopic (exact) mass is 427 g/mol. The quantitative estimate of drug-likeness (QED) is 0.698. The third kappa shape index (κ3) is 5.37. The van der Waals surface area contributed by atoms with Crippen LogP contribution in [-0.4, -0.2) is 60.6 Å². The molecule has 0 spiro atoms. The largest absolute Gasteiger partial charge is 0.497 e. The maximum Gasteiger partial charge on any atom is 0.264 e. The van der Waals surface area contributed by atoms with Gasteiger partial charge >= 0.3 is 0 Å². The molecule has 0 atom stereocenters. The summed E-state index contributed by atoms with van der Waals surface area (Å²) in [5, 5.41) is 2.98. The topological polar surface area (TPSA) is 79.0 Å². The zero-order valence-corrected chi connectivity index (χ0v) is 18.0. The van der Waals surface area contributed by atoms with E-state index in [-0.39, 0.29) is 23.2 Å². The minimum atomic E-state index is -3.80. The Morgan fingerprint density at radius 1 is 1.11 bits per heavy atom. The molecular weight excluding hydrogens is 402 g/mol. The second kappa shape index (κ2) is 10.3. The Morgan fingerprint density at radius 3 is 2.32 bits per heavy atom. The van der Waals surface area contributed by atoms with Crippen LogP contribution in [0.2, 0.25) is 0 Å². The SMILES string of the molecule is CNCCN(C)C(=O)c1cccc(S(=O)(=O)N(C)c2ccc(OC)cc2)c1.Cl. The molecule has 1 amide bonds. The summed E-state index contributed by atoms with van der Waals surface area (Å²) in [5.41, 5.74) is 0.830. The third-order valence-corrected chi connectivity index (χ3v) is 6.00. The molecule has 2 aromatic rings. The van der Waals surface area contributed by atoms with Crippen molar-refractivity contribution in [3.8, 4) is 5.75 Å². The smallest absolute Gasteiger partial charge is 0.264 e. The van der Waals surface area contributed by atoms with Crippen LogP contribution in [0.4, 0.5) is 5.69 Å². The number of hydrogen-bond donors (Lipinski definition) is 1. The van der Waals surface area contributed by atoms with E-state index in [0.717, 1.165) is 0 Å². The molecule has 7 nitrogen and oxygen atoms in total. The van der Waals surface area contributed by atoms with Gasteiger partial charge in [0.25, 0.3) is 15.9 Å². The Bertz CT molecular complexity index is 888. The van der Waals surface area contributed by atoms with E-state index in [4.69, 9.17) is 4.74 Å². The Labute approximate surface area is 172 Å². The maximum atomic E-state index is 13.0. The van der Waals surface area contributed by atoms with E-state index in [1.165, 1.54) is 23.5 Å². The van der Waals surface area contributed by atoms with Crippen LogP contribution in [0.25, 0.3) is 0 Å². The van der Waals surface area contributed by atoms with Crippen molar-refractivity contribution in [2.45, 2.75) is 4.90 Å². The second-order valence-electron chi connectivity index (χ2n) is 6.03. The molecule has 154 valence electrons. The van der Waals surface area contributed by atoms with E-state index in [1.807, 2.05) is 0 Å². The zero-order chi connectivity index (χ0) is 20.0. The van der Waals surface area contributed by atoms with Crippen molar-refractivity contribution in [1.29, 1.82) is 0 Å². The Morgan fingerprint density at radius 2 is 1.75 bits per heavy atom. The van der Waals surface area contributed by atoms with Crippen molar-refractivity contribution in [3.63, 3.8) is 0 Å². The van der Waals surface area contributed by atoms with Crippen LogP contribution in [0.15, 0.2) is 53.4 Å². The number of rotatable bonds is 8. The normalized spacial score (nSPS) is 10.7. The van der Waals surface area contributed by atoms with Gasteiger partial charge in [0.15, 0.2) is 0 Å². The third-order valence-electron chi connectivity index (χ3n) is 4.22. The van der Waals surface area contributed by atoms with Crippen molar-refractivity contribution < 1.29 is 17.9 Å². The number of carbonyl (C=O) groups is 1. The highest BCUT2D eigenvalue weighted by molar-refractivity contribution is 7.92. The summed E-state index contributed by atoms with van der Waals surface area (Å²) >= 11 is 0. The molecule has 2 rings (SSSR count). The van der Waals surface area contributed by atoms with Gasteiger partial charge in [-0.15, -0.1) is 12.4 Å². The molecule has 0 fully saturated rings. The fourth-order valence-electron chi connectivity index (χ4n) is 2.48. The van der Waals surface area contributed by atoms with E-state index in [9.17, 15) is 13.2 Å². The van der Waals surface area contributed by atoms with Crippen molar-refractivity contribution in [3.05, 3.63) is 54.1 Å². The molecule has 0 unspecified atom stereocenters. The first-order chi connectivity index (χ1) is 12.8. The highest BCUT2D eigenvalue weighted by Gasteiger charge is 2.23. The molecule has 0 saturated heterocycles. The number of nitrogens with zero attached hydrogens (tertiary/aromatic N) is 2. The number of halogens is 1. The van der Waals surface area contributed by atoms with Gasteiger partial charge in [0.2, 0.25) is 0 Å². The van der Waals surface area contributed by atoms with Gasteiger partial charge in [-0.05, 0) is 49.5 Å². The number of sulfonamides is 1. The molecule has 28 heavy (non-hydrogen) atoms. The van der Waals surface area contributed by atoms with Crippen molar-refractivity contribution in [1.82, 2.24) is 10.2 Å². The van der Waals surface area contributed by atoms with Crippen LogP contribution in [0.3, 0.4) is 0 Å². The fourth-order valence-corrected chi connectivity index (χ4v) is 3.72. The van der Waals surface area contributed by atoms with Crippen LogP contribution in [0, 0.1) is 0 Å². The van der Waals surface area contributed by atoms with Gasteiger partial charge < -0.3 is 15.0 Å². The van der Waals surface area contributed by atoms with Crippen LogP contribution in [0.1, 0.15) is 10.4 Å². The Kier molecular flexibility index (Phi) is 8.74. The zero-order valence-electron chi connectivity index (χ0n) is 16.4. The van der Waals surface area contributed by atoms with Gasteiger partial charge in [-0.1, -0.05) is 6.07 Å². The molecule has 2 aromatic carbocycles. The lowest BCUT2D eigenvalue weighted by Gasteiger charge is -2.21. The standard InChI is InChI=1S/C19H25N3O4S.ClH/c1-20-12-13-21(2)19(23)15-6-5-7-18(14-15)27(24,25)22(3)16-8-10-17(26-4)11-9-16;/h5-11,14,20H,12-13H2,1-4H3;1H. The number of hydrogen-bond acceptors (Lipinski definition) is 5. The summed E-state index contributed by atoms with van der Waals surface area (Å²) in [4.78, 5) is 14.1. The highest BCUT2D eigenvalue weighted by atomic mass is 35.5. The molecule has 0 aliphatic rings. The minimum absolute atomic E-state index is 0. The second-order valence-corrected chi connectivity index (χ2v) is 8.00. The predicted molar refractivity (Wildman–Crippen MR) is 113 cm³/mol. The van der Waals surface area contributed by atoms with E-state index in [0.29, 0.717) is 30.1 Å². The predicted octanol–water partition coefficient (Wildman–Crippen LogP) is 2.23. The van der Waals surface area contributed by atoms with Crippen molar-refractivity contribution in [2.24, 2.45) is 0 Å². The average molecular weight is 428 g/mol. The van der Waals surface area contributed by atoms with Crippen molar-refractivity contribution in [2.75, 3.05) is 45.6 Å². The minimum Gasteiger partial charge on any atom is -0.497 e. The number of benzene rings is 2. The van der Waals surface area contributed by atoms with E-state index >= 15 is 0 Å². The van der Waals surface area contributed by atoms with Gasteiger partial charge in [-0.3, -0.25) is 9.10 Å². The number of carbonyl (C=O) groups excluding carboxylic acids is 1. The molecule has 1 N–H and O–H groups in total. The van der Waals surface area contributed by atoms with E-state index < -0.39 is 10.0 Å². The first-order valence-electron chi connectivity index (χ1n) is 8.44. The van der Waals surface area contributed by atoms with E-state index in [2.05, 4.69) is 5.32 Å². The first kappa shape index (κ1) is 23.7. The van der Waals surface area contributed by atoms with Crippen LogP contribution in [-0.2, 0) is 10.0 Å². The molecule has 0 heterocycles. The summed E-state index contributed by atoms with van der Waals surface area (Å²) in [5.74, 6) is 0.413. The van der Waals surface area contributed by atoms with Crippen LogP contribution < -0.4 is 14.4 Å². The summed E-state index contributed by atoms with van der Waals surface area (Å²) < 4.78 is 32.2. The van der Waals surface area contributed by atoms with Gasteiger partial charge in [-0.25, -0.2) is 8.42 Å². The number of ether oxygens (including phenoxy) is 1. The van der Waals surface area contributed by atoms with Gasteiger partial charge in [0, 0.05) is 32.7 Å². The molecule has 0 bridgehead atoms. The Hall–Kier alpha value is -2.29. The summed E-state index contributed by atoms with van der Waals surface area (Å²) in [6, 6.07) is 12.8. The maximum absolute atomic E-state index is 13.0. The van der Waals surface area contributed by atoms with Gasteiger partial charge in [-0.2, -0.15) is 0 Å². The summed E-state index contributed by atoms with van der Waals surface area (Å²) in [7, 11) is 2.71. The van der Waals surface area contributed by atoms with Crippen molar-refractivity contribution >= 4 is 34.0 Å². The van der Waals surface area contributed by atoms with Crippen LogP contribution >= 0.6 is 12.4 Å². The molecule has 0 saturated carbocycles. The first-order valence-corrected chi connectivity index (χ1v) is 9.88. The van der Waals surface area contributed by atoms with Gasteiger partial charge in [0.05, 0.1) is 17.7 Å². The lowest BCUT2D eigenvalue weighted by Crippen LogP contribution is -2.33. The number of nitrogens with one attached hydrogen (secondary N) is 1. The average Bonchev–Trinajstić information content (AvgIpc) is 2.70. The van der Waals surface area contributed by atoms with Crippen LogP contribution in [0.5, 0.6) is 5.75 Å². The molecule has 0 aliphatic heterocycles. The molecule has 0 radical (unpaired) electrons. The molecular formula is C19H26ClN3O4S. The number of methoxy groups -OCH3 is 1. The lowest BCUT2D eigenvalue weighted by atomic mass is 10.2. The fraction of sp³-hybridized carbons (Fsp3) is 0.316. The van der Waals surface area contributed by atoms with E-state index in [1.54, 1.807) is 62.5 Å². The number of likely N-dealkylation sites (N-methyl/N-ethyl adjacent to an activating group) is 2. The Balaban J connectivity index is 0.00000392. The molecule has 9 heteroatoms. The number of amides is 1. The highest BCUT2D eigenvalue weighted by Crippen LogP contribution is 2.25. The lowest BCUT2D eigenvalue weighted by molar-refractivity contribution is 0.0796. The molecule has 0 aromatic heterocycles. The summed E-state index contributed by atoms with van der Waals surface area (Å²) in [6.07, 6.45) is 0. The molecule has 0 aliphatic carbocycles.